The van der Waals surface area contributed by atoms with Crippen molar-refractivity contribution in [2.75, 3.05) is 17.1 Å². The minimum atomic E-state index is -3.66. The highest BCUT2D eigenvalue weighted by Crippen LogP contribution is 2.27. The zero-order valence-corrected chi connectivity index (χ0v) is 19.0. The van der Waals surface area contributed by atoms with Crippen molar-refractivity contribution < 1.29 is 13.2 Å². The van der Waals surface area contributed by atoms with Crippen molar-refractivity contribution in [3.8, 4) is 0 Å². The maximum atomic E-state index is 13.3. The number of sulfonamides is 1. The van der Waals surface area contributed by atoms with Gasteiger partial charge in [0.05, 0.1) is 11.9 Å². The summed E-state index contributed by atoms with van der Waals surface area (Å²) in [6.07, 6.45) is 1.11. The van der Waals surface area contributed by atoms with Crippen LogP contribution in [0.1, 0.15) is 11.1 Å². The summed E-state index contributed by atoms with van der Waals surface area (Å²) in [4.78, 5) is 15.0. The standard InChI is InChI=1S/C23H23BrN2O3S/c1-30(28,29)26(22-15-9-8-14-21(22)24)18-23(27)25(16-19-10-4-2-5-11-19)17-20-12-6-3-7-13-20/h2-15H,16-18H2,1H3. The summed E-state index contributed by atoms with van der Waals surface area (Å²) < 4.78 is 26.7. The molecule has 0 aliphatic rings. The van der Waals surface area contributed by atoms with E-state index in [4.69, 9.17) is 0 Å². The number of anilines is 1. The summed E-state index contributed by atoms with van der Waals surface area (Å²) in [5.74, 6) is -0.274. The van der Waals surface area contributed by atoms with E-state index in [0.29, 0.717) is 23.2 Å². The molecule has 3 rings (SSSR count). The lowest BCUT2D eigenvalue weighted by Gasteiger charge is -2.28. The Bertz CT molecular complexity index is 1050. The van der Waals surface area contributed by atoms with Gasteiger partial charge in [-0.3, -0.25) is 9.10 Å². The second kappa shape index (κ2) is 9.91. The number of nitrogens with zero attached hydrogens (tertiary/aromatic N) is 2. The number of rotatable bonds is 8. The van der Waals surface area contributed by atoms with Crippen molar-refractivity contribution in [3.05, 3.63) is 101 Å². The molecule has 3 aromatic carbocycles. The van der Waals surface area contributed by atoms with Crippen LogP contribution in [0.25, 0.3) is 0 Å². The molecule has 0 N–H and O–H groups in total. The van der Waals surface area contributed by atoms with Crippen molar-refractivity contribution in [2.45, 2.75) is 13.1 Å². The highest BCUT2D eigenvalue weighted by atomic mass is 79.9. The van der Waals surface area contributed by atoms with Gasteiger partial charge in [-0.05, 0) is 39.2 Å². The van der Waals surface area contributed by atoms with Gasteiger partial charge in [0.1, 0.15) is 6.54 Å². The number of carbonyl (C=O) groups excluding carboxylic acids is 1. The lowest BCUT2D eigenvalue weighted by atomic mass is 10.1. The van der Waals surface area contributed by atoms with Gasteiger partial charge in [-0.25, -0.2) is 8.42 Å². The maximum Gasteiger partial charge on any atom is 0.243 e. The maximum absolute atomic E-state index is 13.3. The van der Waals surface area contributed by atoms with E-state index in [-0.39, 0.29) is 12.5 Å². The predicted octanol–water partition coefficient (Wildman–Crippen LogP) is 4.44. The number of hydrogen-bond donors (Lipinski definition) is 0. The van der Waals surface area contributed by atoms with Gasteiger partial charge in [-0.2, -0.15) is 0 Å². The average Bonchev–Trinajstić information content (AvgIpc) is 2.73. The van der Waals surface area contributed by atoms with Crippen LogP contribution in [-0.2, 0) is 27.9 Å². The normalized spacial score (nSPS) is 11.1. The van der Waals surface area contributed by atoms with Crippen LogP contribution >= 0.6 is 15.9 Å². The molecule has 156 valence electrons. The fourth-order valence-corrected chi connectivity index (χ4v) is 4.58. The first-order valence-electron chi connectivity index (χ1n) is 9.42. The van der Waals surface area contributed by atoms with Crippen molar-refractivity contribution in [1.82, 2.24) is 4.90 Å². The van der Waals surface area contributed by atoms with Crippen molar-refractivity contribution >= 4 is 37.5 Å². The van der Waals surface area contributed by atoms with Gasteiger partial charge in [-0.1, -0.05) is 72.8 Å². The first kappa shape index (κ1) is 22.1. The van der Waals surface area contributed by atoms with E-state index in [1.807, 2.05) is 60.7 Å². The molecular formula is C23H23BrN2O3S. The third-order valence-electron chi connectivity index (χ3n) is 4.59. The lowest BCUT2D eigenvalue weighted by molar-refractivity contribution is -0.130. The Morgan fingerprint density at radius 3 is 1.73 bits per heavy atom. The number of hydrogen-bond acceptors (Lipinski definition) is 3. The molecule has 0 heterocycles. The van der Waals surface area contributed by atoms with E-state index >= 15 is 0 Å². The highest BCUT2D eigenvalue weighted by Gasteiger charge is 2.25. The summed E-state index contributed by atoms with van der Waals surface area (Å²) in [6.45, 7) is 0.505. The fourth-order valence-electron chi connectivity index (χ4n) is 3.10. The fraction of sp³-hybridized carbons (Fsp3) is 0.174. The van der Waals surface area contributed by atoms with Crippen LogP contribution in [0.5, 0.6) is 0 Å². The Hall–Kier alpha value is -2.64. The molecule has 5 nitrogen and oxygen atoms in total. The Kier molecular flexibility index (Phi) is 7.29. The van der Waals surface area contributed by atoms with Crippen LogP contribution < -0.4 is 4.31 Å². The molecule has 0 spiro atoms. The molecule has 0 aliphatic heterocycles. The quantitative estimate of drug-likeness (QED) is 0.472. The zero-order valence-electron chi connectivity index (χ0n) is 16.6. The molecule has 1 amide bonds. The molecule has 0 saturated carbocycles. The lowest BCUT2D eigenvalue weighted by Crippen LogP contribution is -2.42. The number of benzene rings is 3. The Balaban J connectivity index is 1.89. The highest BCUT2D eigenvalue weighted by molar-refractivity contribution is 9.10. The first-order chi connectivity index (χ1) is 14.3. The van der Waals surface area contributed by atoms with E-state index in [9.17, 15) is 13.2 Å². The molecular weight excluding hydrogens is 464 g/mol. The van der Waals surface area contributed by atoms with E-state index in [1.54, 1.807) is 29.2 Å². The summed E-state index contributed by atoms with van der Waals surface area (Å²) in [6, 6.07) is 26.3. The summed E-state index contributed by atoms with van der Waals surface area (Å²) in [5, 5.41) is 0. The van der Waals surface area contributed by atoms with Gasteiger partial charge in [0.25, 0.3) is 0 Å². The molecule has 0 aliphatic carbocycles. The van der Waals surface area contributed by atoms with Gasteiger partial charge in [0, 0.05) is 17.6 Å². The molecule has 0 atom stereocenters. The van der Waals surface area contributed by atoms with Crippen molar-refractivity contribution in [2.24, 2.45) is 0 Å². The minimum Gasteiger partial charge on any atom is -0.332 e. The summed E-state index contributed by atoms with van der Waals surface area (Å²) in [5.41, 5.74) is 2.40. The predicted molar refractivity (Wildman–Crippen MR) is 123 cm³/mol. The molecule has 7 heteroatoms. The van der Waals surface area contributed by atoms with Gasteiger partial charge in [0.2, 0.25) is 15.9 Å². The van der Waals surface area contributed by atoms with Crippen molar-refractivity contribution in [1.29, 1.82) is 0 Å². The van der Waals surface area contributed by atoms with Gasteiger partial charge < -0.3 is 4.90 Å². The second-order valence-electron chi connectivity index (χ2n) is 6.94. The molecule has 0 unspecified atom stereocenters. The molecule has 0 saturated heterocycles. The van der Waals surface area contributed by atoms with Crippen LogP contribution in [-0.4, -0.2) is 32.0 Å². The van der Waals surface area contributed by atoms with Crippen LogP contribution in [0.2, 0.25) is 0 Å². The number of para-hydroxylation sites is 1. The van der Waals surface area contributed by atoms with Crippen molar-refractivity contribution in [3.63, 3.8) is 0 Å². The van der Waals surface area contributed by atoms with E-state index in [0.717, 1.165) is 21.7 Å². The van der Waals surface area contributed by atoms with E-state index < -0.39 is 10.0 Å². The van der Waals surface area contributed by atoms with E-state index in [2.05, 4.69) is 15.9 Å². The Morgan fingerprint density at radius 2 is 1.27 bits per heavy atom. The van der Waals surface area contributed by atoms with Crippen LogP contribution in [0.15, 0.2) is 89.4 Å². The zero-order chi connectivity index (χ0) is 21.6. The van der Waals surface area contributed by atoms with Gasteiger partial charge >= 0.3 is 0 Å². The minimum absolute atomic E-state index is 0.274. The van der Waals surface area contributed by atoms with Crippen LogP contribution in [0, 0.1) is 0 Å². The second-order valence-corrected chi connectivity index (χ2v) is 9.70. The Labute approximate surface area is 186 Å². The molecule has 0 aromatic heterocycles. The number of halogens is 1. The third kappa shape index (κ3) is 5.93. The smallest absolute Gasteiger partial charge is 0.243 e. The van der Waals surface area contributed by atoms with Gasteiger partial charge in [0.15, 0.2) is 0 Å². The topological polar surface area (TPSA) is 57.7 Å². The third-order valence-corrected chi connectivity index (χ3v) is 6.38. The molecule has 0 radical (unpaired) electrons. The molecule has 0 fully saturated rings. The molecule has 30 heavy (non-hydrogen) atoms. The van der Waals surface area contributed by atoms with Gasteiger partial charge in [-0.15, -0.1) is 0 Å². The molecule has 0 bridgehead atoms. The summed E-state index contributed by atoms with van der Waals surface area (Å²) in [7, 11) is -3.66. The Morgan fingerprint density at radius 1 is 0.800 bits per heavy atom. The average molecular weight is 487 g/mol. The monoisotopic (exact) mass is 486 g/mol. The van der Waals surface area contributed by atoms with Crippen LogP contribution in [0.3, 0.4) is 0 Å². The van der Waals surface area contributed by atoms with Crippen LogP contribution in [0.4, 0.5) is 5.69 Å². The number of amides is 1. The first-order valence-corrected chi connectivity index (χ1v) is 12.1. The largest absolute Gasteiger partial charge is 0.332 e. The van der Waals surface area contributed by atoms with E-state index in [1.165, 1.54) is 0 Å². The molecule has 3 aromatic rings. The summed E-state index contributed by atoms with van der Waals surface area (Å²) >= 11 is 3.39. The SMILES string of the molecule is CS(=O)(=O)N(CC(=O)N(Cc1ccccc1)Cc1ccccc1)c1ccccc1Br. The number of carbonyl (C=O) groups is 1.